The summed E-state index contributed by atoms with van der Waals surface area (Å²) >= 11 is 0. The van der Waals surface area contributed by atoms with Crippen molar-refractivity contribution < 1.29 is 9.53 Å². The van der Waals surface area contributed by atoms with E-state index < -0.39 is 5.69 Å². The lowest BCUT2D eigenvalue weighted by molar-refractivity contribution is -0.122. The Hall–Kier alpha value is -3.19. The summed E-state index contributed by atoms with van der Waals surface area (Å²) in [7, 11) is 0. The lowest BCUT2D eigenvalue weighted by Crippen LogP contribution is -2.43. The highest BCUT2D eigenvalue weighted by atomic mass is 16.5. The molecular formula is C22H23N3O4. The van der Waals surface area contributed by atoms with Crippen molar-refractivity contribution in [1.29, 1.82) is 0 Å². The fourth-order valence-electron chi connectivity index (χ4n) is 3.66. The van der Waals surface area contributed by atoms with E-state index in [0.29, 0.717) is 17.4 Å². The van der Waals surface area contributed by atoms with Gasteiger partial charge in [-0.1, -0.05) is 42.5 Å². The topological polar surface area (TPSA) is 82.3 Å². The Labute approximate surface area is 167 Å². The number of para-hydroxylation sites is 1. The first-order chi connectivity index (χ1) is 14.1. The van der Waals surface area contributed by atoms with E-state index >= 15 is 0 Å². The van der Waals surface area contributed by atoms with Crippen LogP contribution in [0.2, 0.25) is 0 Å². The summed E-state index contributed by atoms with van der Waals surface area (Å²) in [5, 5.41) is 3.25. The molecule has 7 heteroatoms. The Bertz CT molecular complexity index is 1130. The van der Waals surface area contributed by atoms with Gasteiger partial charge in [-0.25, -0.2) is 4.79 Å². The van der Waals surface area contributed by atoms with Crippen LogP contribution in [0.25, 0.3) is 10.9 Å². The van der Waals surface area contributed by atoms with E-state index in [1.165, 1.54) is 9.13 Å². The van der Waals surface area contributed by atoms with Crippen LogP contribution in [0.5, 0.6) is 0 Å². The number of carbonyl (C=O) groups excluding carboxylic acids is 1. The van der Waals surface area contributed by atoms with Crippen molar-refractivity contribution in [1.82, 2.24) is 14.5 Å². The average Bonchev–Trinajstić information content (AvgIpc) is 3.27. The lowest BCUT2D eigenvalue weighted by atomic mass is 10.2. The molecule has 1 amide bonds. The van der Waals surface area contributed by atoms with Crippen molar-refractivity contribution >= 4 is 16.8 Å². The minimum atomic E-state index is -0.496. The summed E-state index contributed by atoms with van der Waals surface area (Å²) in [4.78, 5) is 38.6. The molecule has 1 fully saturated rings. The third-order valence-electron chi connectivity index (χ3n) is 5.17. The number of nitrogens with one attached hydrogen (secondary N) is 1. The number of benzene rings is 2. The van der Waals surface area contributed by atoms with Gasteiger partial charge in [0.25, 0.3) is 5.56 Å². The normalized spacial score (nSPS) is 16.2. The molecule has 1 aliphatic rings. The highest BCUT2D eigenvalue weighted by Crippen LogP contribution is 2.11. The molecule has 7 nitrogen and oxygen atoms in total. The summed E-state index contributed by atoms with van der Waals surface area (Å²) in [5.74, 6) is -0.280. The van der Waals surface area contributed by atoms with Crippen molar-refractivity contribution in [2.75, 3.05) is 13.2 Å². The molecule has 1 aliphatic heterocycles. The number of nitrogens with zero attached hydrogens (tertiary/aromatic N) is 2. The van der Waals surface area contributed by atoms with Crippen LogP contribution in [0.15, 0.2) is 64.2 Å². The number of amides is 1. The summed E-state index contributed by atoms with van der Waals surface area (Å²) in [6.07, 6.45) is 1.94. The van der Waals surface area contributed by atoms with Gasteiger partial charge in [-0.15, -0.1) is 0 Å². The Morgan fingerprint density at radius 1 is 1.03 bits per heavy atom. The fourth-order valence-corrected chi connectivity index (χ4v) is 3.66. The minimum Gasteiger partial charge on any atom is -0.376 e. The fraction of sp³-hybridized carbons (Fsp3) is 0.318. The van der Waals surface area contributed by atoms with Crippen LogP contribution in [0.1, 0.15) is 18.4 Å². The zero-order chi connectivity index (χ0) is 20.2. The molecule has 1 atom stereocenters. The maximum atomic E-state index is 13.1. The van der Waals surface area contributed by atoms with Crippen LogP contribution in [0.3, 0.4) is 0 Å². The monoisotopic (exact) mass is 393 g/mol. The van der Waals surface area contributed by atoms with E-state index in [-0.39, 0.29) is 30.7 Å². The molecule has 2 heterocycles. The number of fused-ring (bicyclic) bond motifs is 1. The molecule has 29 heavy (non-hydrogen) atoms. The Kier molecular flexibility index (Phi) is 5.57. The van der Waals surface area contributed by atoms with Crippen LogP contribution in [-0.4, -0.2) is 34.3 Å². The zero-order valence-electron chi connectivity index (χ0n) is 16.0. The SMILES string of the molecule is O=C(Cn1c(=O)n(Cc2ccccc2)c(=O)c2ccccc21)NC[C@@H]1CCCO1. The van der Waals surface area contributed by atoms with Gasteiger partial charge in [0.1, 0.15) is 6.54 Å². The van der Waals surface area contributed by atoms with E-state index in [0.717, 1.165) is 25.0 Å². The molecule has 3 aromatic rings. The van der Waals surface area contributed by atoms with Gasteiger partial charge in [0.2, 0.25) is 5.91 Å². The summed E-state index contributed by atoms with van der Waals surface area (Å²) < 4.78 is 8.07. The van der Waals surface area contributed by atoms with E-state index in [1.807, 2.05) is 30.3 Å². The Morgan fingerprint density at radius 2 is 1.79 bits per heavy atom. The van der Waals surface area contributed by atoms with Crippen molar-refractivity contribution in [2.24, 2.45) is 0 Å². The molecule has 2 aromatic carbocycles. The first-order valence-corrected chi connectivity index (χ1v) is 9.78. The van der Waals surface area contributed by atoms with Crippen molar-refractivity contribution in [2.45, 2.75) is 32.0 Å². The van der Waals surface area contributed by atoms with Gasteiger partial charge in [0, 0.05) is 13.2 Å². The molecule has 0 spiro atoms. The van der Waals surface area contributed by atoms with Gasteiger partial charge < -0.3 is 10.1 Å². The zero-order valence-corrected chi connectivity index (χ0v) is 16.0. The second kappa shape index (κ2) is 8.45. The van der Waals surface area contributed by atoms with Gasteiger partial charge in [-0.2, -0.15) is 0 Å². The molecule has 0 bridgehead atoms. The van der Waals surface area contributed by atoms with Crippen LogP contribution in [0, 0.1) is 0 Å². The average molecular weight is 393 g/mol. The second-order valence-electron chi connectivity index (χ2n) is 7.20. The predicted molar refractivity (Wildman–Crippen MR) is 110 cm³/mol. The molecule has 1 saturated heterocycles. The standard InChI is InChI=1S/C22H23N3O4/c26-20(23-13-17-9-6-12-29-17)15-24-19-11-5-4-10-18(19)21(27)25(22(24)28)14-16-7-2-1-3-8-16/h1-5,7-8,10-11,17H,6,9,12-15H2,(H,23,26)/t17-/m0/s1. The first kappa shape index (κ1) is 19.1. The summed E-state index contributed by atoms with van der Waals surface area (Å²) in [6.45, 7) is 1.15. The number of hydrogen-bond acceptors (Lipinski definition) is 4. The van der Waals surface area contributed by atoms with Crippen LogP contribution < -0.4 is 16.6 Å². The molecule has 4 rings (SSSR count). The van der Waals surface area contributed by atoms with Crippen LogP contribution in [0.4, 0.5) is 0 Å². The lowest BCUT2D eigenvalue weighted by Gasteiger charge is -2.15. The highest BCUT2D eigenvalue weighted by molar-refractivity contribution is 5.81. The third kappa shape index (κ3) is 4.14. The maximum Gasteiger partial charge on any atom is 0.332 e. The van der Waals surface area contributed by atoms with Crippen LogP contribution in [-0.2, 0) is 22.6 Å². The molecule has 150 valence electrons. The number of carbonyl (C=O) groups is 1. The summed E-state index contributed by atoms with van der Waals surface area (Å²) in [5.41, 5.74) is 0.450. The number of rotatable bonds is 6. The smallest absolute Gasteiger partial charge is 0.332 e. The predicted octanol–water partition coefficient (Wildman–Crippen LogP) is 1.51. The largest absolute Gasteiger partial charge is 0.376 e. The number of hydrogen-bond donors (Lipinski definition) is 1. The number of ether oxygens (including phenoxy) is 1. The van der Waals surface area contributed by atoms with E-state index in [2.05, 4.69) is 5.32 Å². The Morgan fingerprint density at radius 3 is 2.55 bits per heavy atom. The molecule has 0 unspecified atom stereocenters. The van der Waals surface area contributed by atoms with Gasteiger partial charge in [0.15, 0.2) is 0 Å². The molecule has 0 saturated carbocycles. The third-order valence-corrected chi connectivity index (χ3v) is 5.17. The molecule has 1 N–H and O–H groups in total. The van der Waals surface area contributed by atoms with E-state index in [4.69, 9.17) is 4.74 Å². The van der Waals surface area contributed by atoms with Gasteiger partial charge >= 0.3 is 5.69 Å². The van der Waals surface area contributed by atoms with Gasteiger partial charge in [-0.05, 0) is 30.5 Å². The first-order valence-electron chi connectivity index (χ1n) is 9.78. The molecular weight excluding hydrogens is 370 g/mol. The van der Waals surface area contributed by atoms with Crippen molar-refractivity contribution in [3.63, 3.8) is 0 Å². The molecule has 0 aliphatic carbocycles. The Balaban J connectivity index is 1.67. The van der Waals surface area contributed by atoms with Gasteiger partial charge in [-0.3, -0.25) is 18.7 Å². The van der Waals surface area contributed by atoms with Crippen molar-refractivity contribution in [3.8, 4) is 0 Å². The van der Waals surface area contributed by atoms with E-state index in [9.17, 15) is 14.4 Å². The van der Waals surface area contributed by atoms with Gasteiger partial charge in [0.05, 0.1) is 23.6 Å². The van der Waals surface area contributed by atoms with E-state index in [1.54, 1.807) is 24.3 Å². The summed E-state index contributed by atoms with van der Waals surface area (Å²) in [6, 6.07) is 16.2. The number of aromatic nitrogens is 2. The molecule has 0 radical (unpaired) electrons. The minimum absolute atomic E-state index is 0.0273. The second-order valence-corrected chi connectivity index (χ2v) is 7.20. The quantitative estimate of drug-likeness (QED) is 0.688. The maximum absolute atomic E-state index is 13.1. The highest BCUT2D eigenvalue weighted by Gasteiger charge is 2.18. The molecule has 1 aromatic heterocycles. The van der Waals surface area contributed by atoms with Crippen molar-refractivity contribution in [3.05, 3.63) is 81.0 Å². The van der Waals surface area contributed by atoms with Crippen LogP contribution >= 0.6 is 0 Å².